The first-order chi connectivity index (χ1) is 14.5. The van der Waals surface area contributed by atoms with E-state index in [1.165, 1.54) is 28.8 Å². The zero-order valence-corrected chi connectivity index (χ0v) is 16.8. The summed E-state index contributed by atoms with van der Waals surface area (Å²) in [7, 11) is 0. The molecule has 0 amide bonds. The van der Waals surface area contributed by atoms with E-state index in [0.717, 1.165) is 5.56 Å². The average Bonchev–Trinajstić information content (AvgIpc) is 2.72. The normalized spacial score (nSPS) is 14.2. The van der Waals surface area contributed by atoms with E-state index in [0.29, 0.717) is 62.0 Å². The minimum Gasteiger partial charge on any atom is -0.378 e. The number of aryl methyl sites for hydroxylation is 3. The minimum absolute atomic E-state index is 0.267. The number of anilines is 1. The molecule has 0 spiro atoms. The number of benzene rings is 2. The second kappa shape index (κ2) is 8.75. The minimum atomic E-state index is -0.391. The van der Waals surface area contributed by atoms with Crippen LogP contribution >= 0.6 is 0 Å². The van der Waals surface area contributed by atoms with Crippen LogP contribution in [0.5, 0.6) is 0 Å². The van der Waals surface area contributed by atoms with Crippen LogP contribution in [0.1, 0.15) is 17.1 Å². The number of rotatable bonds is 5. The predicted octanol–water partition coefficient (Wildman–Crippen LogP) is 3.44. The van der Waals surface area contributed by atoms with Crippen LogP contribution in [0.3, 0.4) is 0 Å². The van der Waals surface area contributed by atoms with Crippen molar-refractivity contribution in [2.75, 3.05) is 31.2 Å². The molecule has 4 rings (SSSR count). The summed E-state index contributed by atoms with van der Waals surface area (Å²) in [6, 6.07) is 12.5. The molecule has 0 radical (unpaired) electrons. The molecule has 1 fully saturated rings. The van der Waals surface area contributed by atoms with Gasteiger partial charge >= 0.3 is 0 Å². The van der Waals surface area contributed by atoms with Gasteiger partial charge in [-0.05, 0) is 43.2 Å². The lowest BCUT2D eigenvalue weighted by atomic mass is 10.1. The summed E-state index contributed by atoms with van der Waals surface area (Å²) in [4.78, 5) is 19.4. The molecule has 3 aromatic rings. The Bertz CT molecular complexity index is 1110. The molecule has 30 heavy (non-hydrogen) atoms. The molecule has 156 valence electrons. The summed E-state index contributed by atoms with van der Waals surface area (Å²) in [6.07, 6.45) is 0.926. The third-order valence-corrected chi connectivity index (χ3v) is 5.18. The number of hydrogen-bond acceptors (Lipinski definition) is 4. The Hall–Kier alpha value is -3.06. The number of morpholine rings is 1. The van der Waals surface area contributed by atoms with Gasteiger partial charge in [-0.25, -0.2) is 13.8 Å². The van der Waals surface area contributed by atoms with Gasteiger partial charge in [0.1, 0.15) is 17.5 Å². The van der Waals surface area contributed by atoms with Crippen molar-refractivity contribution >= 4 is 5.69 Å². The highest BCUT2D eigenvalue weighted by Gasteiger charge is 2.22. The summed E-state index contributed by atoms with van der Waals surface area (Å²) in [5, 5.41) is 0. The first-order valence-electron chi connectivity index (χ1n) is 9.98. The summed E-state index contributed by atoms with van der Waals surface area (Å²) >= 11 is 0. The Kier molecular flexibility index (Phi) is 5.90. The van der Waals surface area contributed by atoms with E-state index in [1.54, 1.807) is 25.1 Å². The topological polar surface area (TPSA) is 47.4 Å². The highest BCUT2D eigenvalue weighted by Crippen LogP contribution is 2.28. The molecular formula is C23H23F2N3O2. The van der Waals surface area contributed by atoms with Gasteiger partial charge in [0.15, 0.2) is 0 Å². The molecule has 0 aliphatic carbocycles. The summed E-state index contributed by atoms with van der Waals surface area (Å²) in [5.41, 5.74) is 1.97. The van der Waals surface area contributed by atoms with E-state index in [-0.39, 0.29) is 11.4 Å². The summed E-state index contributed by atoms with van der Waals surface area (Å²) in [6.45, 7) is 3.84. The first kappa shape index (κ1) is 20.2. The largest absolute Gasteiger partial charge is 0.378 e. The molecule has 7 heteroatoms. The van der Waals surface area contributed by atoms with E-state index in [2.05, 4.69) is 4.98 Å². The standard InChI is InChI=1S/C23H23F2N3O2/c1-16-14-22(29)28(21(26-16)9-8-17-4-2-5-18(24)15-17)20-7-3-6-19(25)23(20)27-10-12-30-13-11-27/h2-7,14-15H,8-13H2,1H3. The number of halogens is 2. The van der Waals surface area contributed by atoms with Crippen molar-refractivity contribution in [2.24, 2.45) is 0 Å². The lowest BCUT2D eigenvalue weighted by molar-refractivity contribution is 0.122. The van der Waals surface area contributed by atoms with Gasteiger partial charge in [0, 0.05) is 31.3 Å². The van der Waals surface area contributed by atoms with Crippen LogP contribution in [-0.4, -0.2) is 35.9 Å². The van der Waals surface area contributed by atoms with Crippen molar-refractivity contribution in [2.45, 2.75) is 19.8 Å². The maximum absolute atomic E-state index is 14.9. The number of ether oxygens (including phenoxy) is 1. The molecular weight excluding hydrogens is 388 g/mol. The van der Waals surface area contributed by atoms with Crippen molar-refractivity contribution in [3.63, 3.8) is 0 Å². The maximum Gasteiger partial charge on any atom is 0.258 e. The molecule has 0 N–H and O–H groups in total. The molecule has 1 aromatic heterocycles. The van der Waals surface area contributed by atoms with Crippen LogP contribution in [0, 0.1) is 18.6 Å². The van der Waals surface area contributed by atoms with E-state index in [4.69, 9.17) is 4.74 Å². The quantitative estimate of drug-likeness (QED) is 0.645. The van der Waals surface area contributed by atoms with E-state index in [9.17, 15) is 13.6 Å². The van der Waals surface area contributed by atoms with Crippen LogP contribution < -0.4 is 10.5 Å². The highest BCUT2D eigenvalue weighted by atomic mass is 19.1. The van der Waals surface area contributed by atoms with E-state index >= 15 is 0 Å². The van der Waals surface area contributed by atoms with Crippen molar-refractivity contribution in [3.8, 4) is 5.69 Å². The van der Waals surface area contributed by atoms with Crippen molar-refractivity contribution in [3.05, 3.63) is 87.6 Å². The summed E-state index contributed by atoms with van der Waals surface area (Å²) < 4.78 is 35.3. The molecule has 1 saturated heterocycles. The van der Waals surface area contributed by atoms with Crippen LogP contribution in [0.15, 0.2) is 53.3 Å². The fourth-order valence-corrected chi connectivity index (χ4v) is 3.81. The van der Waals surface area contributed by atoms with Crippen LogP contribution in [0.25, 0.3) is 5.69 Å². The van der Waals surface area contributed by atoms with Gasteiger partial charge in [0.25, 0.3) is 5.56 Å². The van der Waals surface area contributed by atoms with Crippen molar-refractivity contribution in [1.29, 1.82) is 0 Å². The van der Waals surface area contributed by atoms with Gasteiger partial charge in [-0.1, -0.05) is 18.2 Å². The van der Waals surface area contributed by atoms with Gasteiger partial charge in [-0.15, -0.1) is 0 Å². The van der Waals surface area contributed by atoms with Gasteiger partial charge in [0.2, 0.25) is 0 Å². The summed E-state index contributed by atoms with van der Waals surface area (Å²) in [5.74, 6) is -0.177. The fourth-order valence-electron chi connectivity index (χ4n) is 3.81. The molecule has 2 heterocycles. The number of aromatic nitrogens is 2. The lowest BCUT2D eigenvalue weighted by Crippen LogP contribution is -2.38. The molecule has 1 aliphatic heterocycles. The maximum atomic E-state index is 14.9. The Balaban J connectivity index is 1.78. The monoisotopic (exact) mass is 411 g/mol. The third kappa shape index (κ3) is 4.26. The molecule has 0 unspecified atom stereocenters. The zero-order valence-electron chi connectivity index (χ0n) is 16.8. The molecule has 1 aliphatic rings. The molecule has 0 atom stereocenters. The Morgan fingerprint density at radius 2 is 1.80 bits per heavy atom. The number of hydrogen-bond donors (Lipinski definition) is 0. The average molecular weight is 411 g/mol. The van der Waals surface area contributed by atoms with E-state index in [1.807, 2.05) is 11.0 Å². The Morgan fingerprint density at radius 3 is 2.57 bits per heavy atom. The SMILES string of the molecule is Cc1cc(=O)n(-c2cccc(F)c2N2CCOCC2)c(CCc2cccc(F)c2)n1. The predicted molar refractivity (Wildman–Crippen MR) is 111 cm³/mol. The second-order valence-electron chi connectivity index (χ2n) is 7.32. The van der Waals surface area contributed by atoms with Gasteiger partial charge < -0.3 is 9.64 Å². The van der Waals surface area contributed by atoms with E-state index < -0.39 is 5.82 Å². The van der Waals surface area contributed by atoms with Crippen LogP contribution in [0.2, 0.25) is 0 Å². The molecule has 5 nitrogen and oxygen atoms in total. The molecule has 0 saturated carbocycles. The number of para-hydroxylation sites is 1. The van der Waals surface area contributed by atoms with Crippen LogP contribution in [0.4, 0.5) is 14.5 Å². The van der Waals surface area contributed by atoms with Crippen molar-refractivity contribution in [1.82, 2.24) is 9.55 Å². The molecule has 2 aromatic carbocycles. The lowest BCUT2D eigenvalue weighted by Gasteiger charge is -2.31. The van der Waals surface area contributed by atoms with Crippen LogP contribution in [-0.2, 0) is 17.6 Å². The molecule has 0 bridgehead atoms. The van der Waals surface area contributed by atoms with Crippen molar-refractivity contribution < 1.29 is 13.5 Å². The Labute approximate surface area is 173 Å². The fraction of sp³-hybridized carbons (Fsp3) is 0.304. The smallest absolute Gasteiger partial charge is 0.258 e. The first-order valence-corrected chi connectivity index (χ1v) is 9.98. The third-order valence-electron chi connectivity index (χ3n) is 5.18. The number of nitrogens with zero attached hydrogens (tertiary/aromatic N) is 3. The van der Waals surface area contributed by atoms with Gasteiger partial charge in [-0.3, -0.25) is 9.36 Å². The highest BCUT2D eigenvalue weighted by molar-refractivity contribution is 5.64. The van der Waals surface area contributed by atoms with Gasteiger partial charge in [0.05, 0.1) is 24.6 Å². The van der Waals surface area contributed by atoms with Gasteiger partial charge in [-0.2, -0.15) is 0 Å². The Morgan fingerprint density at radius 1 is 1.03 bits per heavy atom. The second-order valence-corrected chi connectivity index (χ2v) is 7.32. The zero-order chi connectivity index (χ0) is 21.1.